The predicted molar refractivity (Wildman–Crippen MR) is 107 cm³/mol. The number of anilines is 2. The van der Waals surface area contributed by atoms with Crippen molar-refractivity contribution < 1.29 is 8.78 Å². The number of nitrogens with zero attached hydrogens (tertiary/aromatic N) is 3. The summed E-state index contributed by atoms with van der Waals surface area (Å²) < 4.78 is 27.0. The highest BCUT2D eigenvalue weighted by atomic mass is 127. The van der Waals surface area contributed by atoms with Gasteiger partial charge >= 0.3 is 0 Å². The lowest BCUT2D eigenvalue weighted by Gasteiger charge is -2.27. The van der Waals surface area contributed by atoms with Crippen LogP contribution in [-0.4, -0.2) is 41.0 Å². The second-order valence-electron chi connectivity index (χ2n) is 5.15. The SMILES string of the molecule is CCN(C)c1cc(C(F)F)c(/C(C=NC)=C/N)cc1N(C)C.I. The standard InChI is InChI=1S/C16H24F2N4.HI/c1-6-22(5)15-8-13(16(17)18)12(7-14(15)21(3)4)11(9-19)10-20-2;/h7-10,16H,6,19H2,1-5H3;1H/b11-9+,20-10?;. The molecule has 130 valence electrons. The molecule has 1 rings (SSSR count). The summed E-state index contributed by atoms with van der Waals surface area (Å²) in [7, 11) is 7.23. The normalized spacial score (nSPS) is 11.7. The van der Waals surface area contributed by atoms with Crippen LogP contribution in [0.1, 0.15) is 24.5 Å². The summed E-state index contributed by atoms with van der Waals surface area (Å²) in [6, 6.07) is 3.27. The van der Waals surface area contributed by atoms with E-state index in [-0.39, 0.29) is 29.5 Å². The van der Waals surface area contributed by atoms with Gasteiger partial charge in [0, 0.05) is 58.3 Å². The molecule has 0 fully saturated rings. The zero-order chi connectivity index (χ0) is 16.9. The Morgan fingerprint density at radius 1 is 1.26 bits per heavy atom. The van der Waals surface area contributed by atoms with E-state index in [1.165, 1.54) is 18.5 Å². The van der Waals surface area contributed by atoms with Gasteiger partial charge in [0.15, 0.2) is 0 Å². The maximum atomic E-state index is 13.5. The smallest absolute Gasteiger partial charge is 0.264 e. The van der Waals surface area contributed by atoms with Crippen LogP contribution in [0.4, 0.5) is 20.2 Å². The third kappa shape index (κ3) is 5.05. The van der Waals surface area contributed by atoms with Crippen molar-refractivity contribution >= 4 is 47.1 Å². The van der Waals surface area contributed by atoms with E-state index in [9.17, 15) is 8.78 Å². The number of halogens is 3. The lowest BCUT2D eigenvalue weighted by atomic mass is 9.98. The molecule has 0 saturated heterocycles. The third-order valence-corrected chi connectivity index (χ3v) is 3.51. The first-order valence-electron chi connectivity index (χ1n) is 7.06. The molecule has 7 heteroatoms. The minimum atomic E-state index is -2.59. The summed E-state index contributed by atoms with van der Waals surface area (Å²) in [4.78, 5) is 7.73. The second-order valence-corrected chi connectivity index (χ2v) is 5.15. The van der Waals surface area contributed by atoms with Gasteiger partial charge in [0.1, 0.15) is 0 Å². The number of hydrogen-bond acceptors (Lipinski definition) is 4. The molecule has 0 aliphatic rings. The van der Waals surface area contributed by atoms with E-state index in [0.717, 1.165) is 17.9 Å². The molecule has 0 bridgehead atoms. The third-order valence-electron chi connectivity index (χ3n) is 3.51. The first-order valence-corrected chi connectivity index (χ1v) is 7.06. The Morgan fingerprint density at radius 3 is 2.26 bits per heavy atom. The van der Waals surface area contributed by atoms with E-state index in [0.29, 0.717) is 11.1 Å². The average Bonchev–Trinajstić information content (AvgIpc) is 2.50. The van der Waals surface area contributed by atoms with Gasteiger partial charge < -0.3 is 15.5 Å². The molecule has 1 aromatic carbocycles. The van der Waals surface area contributed by atoms with Crippen molar-refractivity contribution in [2.75, 3.05) is 44.5 Å². The summed E-state index contributed by atoms with van der Waals surface area (Å²) in [6.45, 7) is 2.70. The minimum absolute atomic E-state index is 0. The monoisotopic (exact) mass is 438 g/mol. The van der Waals surface area contributed by atoms with Crippen LogP contribution in [0.2, 0.25) is 0 Å². The average molecular weight is 438 g/mol. The molecule has 0 unspecified atom stereocenters. The van der Waals surface area contributed by atoms with Crippen LogP contribution < -0.4 is 15.5 Å². The van der Waals surface area contributed by atoms with E-state index in [2.05, 4.69) is 4.99 Å². The predicted octanol–water partition coefficient (Wildman–Crippen LogP) is 3.76. The molecule has 0 aromatic heterocycles. The minimum Gasteiger partial charge on any atom is -0.404 e. The summed E-state index contributed by atoms with van der Waals surface area (Å²) in [5.41, 5.74) is 8.04. The van der Waals surface area contributed by atoms with Crippen LogP contribution in [0.15, 0.2) is 23.3 Å². The molecule has 0 aliphatic carbocycles. The number of allylic oxidation sites excluding steroid dienone is 1. The summed E-state index contributed by atoms with van der Waals surface area (Å²) in [5.74, 6) is 0. The Bertz CT molecular complexity index is 571. The first kappa shape index (κ1) is 21.6. The molecule has 0 aliphatic heterocycles. The summed E-state index contributed by atoms with van der Waals surface area (Å²) in [6.07, 6.45) is 0.205. The number of alkyl halides is 2. The van der Waals surface area contributed by atoms with Crippen LogP contribution in [0, 0.1) is 0 Å². The largest absolute Gasteiger partial charge is 0.404 e. The number of benzene rings is 1. The van der Waals surface area contributed by atoms with Gasteiger partial charge in [-0.05, 0) is 24.6 Å². The van der Waals surface area contributed by atoms with Crippen molar-refractivity contribution in [3.63, 3.8) is 0 Å². The molecule has 4 nitrogen and oxygen atoms in total. The Kier molecular flexibility index (Phi) is 9.11. The van der Waals surface area contributed by atoms with E-state index < -0.39 is 6.43 Å². The van der Waals surface area contributed by atoms with E-state index in [1.54, 1.807) is 13.1 Å². The van der Waals surface area contributed by atoms with Crippen LogP contribution >= 0.6 is 24.0 Å². The molecule has 23 heavy (non-hydrogen) atoms. The Labute approximate surface area is 154 Å². The zero-order valence-electron chi connectivity index (χ0n) is 14.2. The van der Waals surface area contributed by atoms with Crippen molar-refractivity contribution in [2.24, 2.45) is 10.7 Å². The highest BCUT2D eigenvalue weighted by Gasteiger charge is 2.20. The van der Waals surface area contributed by atoms with Crippen molar-refractivity contribution in [3.8, 4) is 0 Å². The quantitative estimate of drug-likeness (QED) is 0.544. The van der Waals surface area contributed by atoms with E-state index in [4.69, 9.17) is 5.73 Å². The molecule has 0 saturated carbocycles. The Hall–Kier alpha value is -1.38. The lowest BCUT2D eigenvalue weighted by molar-refractivity contribution is 0.151. The number of rotatable bonds is 6. The van der Waals surface area contributed by atoms with Gasteiger partial charge in [0.05, 0.1) is 11.4 Å². The van der Waals surface area contributed by atoms with Crippen LogP contribution in [-0.2, 0) is 0 Å². The topological polar surface area (TPSA) is 44.9 Å². The molecular weight excluding hydrogens is 413 g/mol. The highest BCUT2D eigenvalue weighted by molar-refractivity contribution is 14.0. The second kappa shape index (κ2) is 9.69. The van der Waals surface area contributed by atoms with Crippen LogP contribution in [0.25, 0.3) is 5.57 Å². The van der Waals surface area contributed by atoms with Crippen LogP contribution in [0.3, 0.4) is 0 Å². The summed E-state index contributed by atoms with van der Waals surface area (Å²) >= 11 is 0. The maximum Gasteiger partial charge on any atom is 0.264 e. The van der Waals surface area contributed by atoms with Crippen molar-refractivity contribution in [2.45, 2.75) is 13.3 Å². The van der Waals surface area contributed by atoms with Gasteiger partial charge in [-0.25, -0.2) is 8.78 Å². The number of hydrogen-bond donors (Lipinski definition) is 1. The zero-order valence-corrected chi connectivity index (χ0v) is 16.5. The number of aliphatic imine (C=N–C) groups is 1. The Balaban J connectivity index is 0.00000484. The molecule has 1 aromatic rings. The molecule has 0 spiro atoms. The molecule has 0 amide bonds. The van der Waals surface area contributed by atoms with Gasteiger partial charge in [-0.15, -0.1) is 24.0 Å². The van der Waals surface area contributed by atoms with Crippen molar-refractivity contribution in [3.05, 3.63) is 29.5 Å². The van der Waals surface area contributed by atoms with Crippen molar-refractivity contribution in [1.82, 2.24) is 0 Å². The molecule has 0 heterocycles. The fourth-order valence-corrected chi connectivity index (χ4v) is 2.20. The molecule has 0 atom stereocenters. The fraction of sp³-hybridized carbons (Fsp3) is 0.438. The maximum absolute atomic E-state index is 13.5. The first-order chi connectivity index (χ1) is 10.4. The lowest BCUT2D eigenvalue weighted by Crippen LogP contribution is -2.21. The molecular formula is C16H25F2IN4. The van der Waals surface area contributed by atoms with Gasteiger partial charge in [-0.3, -0.25) is 4.99 Å². The van der Waals surface area contributed by atoms with Gasteiger partial charge in [0.2, 0.25) is 0 Å². The fourth-order valence-electron chi connectivity index (χ4n) is 2.20. The molecule has 2 N–H and O–H groups in total. The van der Waals surface area contributed by atoms with E-state index >= 15 is 0 Å². The van der Waals surface area contributed by atoms with Gasteiger partial charge in [0.25, 0.3) is 6.43 Å². The van der Waals surface area contributed by atoms with E-state index in [1.807, 2.05) is 37.9 Å². The Morgan fingerprint density at radius 2 is 1.87 bits per heavy atom. The highest BCUT2D eigenvalue weighted by Crippen LogP contribution is 2.37. The van der Waals surface area contributed by atoms with Gasteiger partial charge in [-0.1, -0.05) is 0 Å². The number of nitrogens with two attached hydrogens (primary N) is 1. The molecule has 0 radical (unpaired) electrons. The summed E-state index contributed by atoms with van der Waals surface area (Å²) in [5, 5.41) is 0. The van der Waals surface area contributed by atoms with Crippen LogP contribution in [0.5, 0.6) is 0 Å². The van der Waals surface area contributed by atoms with Crippen molar-refractivity contribution in [1.29, 1.82) is 0 Å². The van der Waals surface area contributed by atoms with Gasteiger partial charge in [-0.2, -0.15) is 0 Å².